The summed E-state index contributed by atoms with van der Waals surface area (Å²) in [6.45, 7) is 5.35. The van der Waals surface area contributed by atoms with Crippen LogP contribution in [0.4, 0.5) is 0 Å². The van der Waals surface area contributed by atoms with Gasteiger partial charge in [-0.25, -0.2) is 4.79 Å². The number of fused-ring (bicyclic) bond motifs is 1. The number of H-pyrrole nitrogens is 1. The summed E-state index contributed by atoms with van der Waals surface area (Å²) in [4.78, 5) is 17.5. The molecule has 1 saturated heterocycles. The highest BCUT2D eigenvalue weighted by molar-refractivity contribution is 6.34. The quantitative estimate of drug-likeness (QED) is 0.918. The molecule has 1 aliphatic heterocycles. The Hall–Kier alpha value is -1.26. The highest BCUT2D eigenvalue weighted by Gasteiger charge is 2.23. The number of benzene rings is 1. The zero-order valence-corrected chi connectivity index (χ0v) is 11.8. The molecule has 2 aromatic rings. The van der Waals surface area contributed by atoms with Crippen molar-refractivity contribution < 1.29 is 0 Å². The molecule has 0 aliphatic carbocycles. The van der Waals surface area contributed by atoms with Crippen LogP contribution in [0.2, 0.25) is 5.02 Å². The number of aromatic amines is 1. The number of likely N-dealkylation sites (tertiary alicyclic amines) is 1. The summed E-state index contributed by atoms with van der Waals surface area (Å²) in [6.07, 6.45) is 2.01. The highest BCUT2D eigenvalue weighted by Crippen LogP contribution is 2.28. The molecule has 102 valence electrons. The zero-order valence-electron chi connectivity index (χ0n) is 11.0. The summed E-state index contributed by atoms with van der Waals surface area (Å²) < 4.78 is 1.85. The van der Waals surface area contributed by atoms with Gasteiger partial charge in [-0.3, -0.25) is 4.57 Å². The van der Waals surface area contributed by atoms with Crippen molar-refractivity contribution >= 4 is 22.6 Å². The minimum absolute atomic E-state index is 0.0435. The Bertz CT molecular complexity index is 638. The Balaban J connectivity index is 2.01. The smallest absolute Gasteiger partial charge is 0.305 e. The van der Waals surface area contributed by atoms with Gasteiger partial charge in [-0.1, -0.05) is 24.6 Å². The summed E-state index contributed by atoms with van der Waals surface area (Å²) in [5, 5.41) is 0.647. The van der Waals surface area contributed by atoms with Crippen LogP contribution < -0.4 is 5.69 Å². The van der Waals surface area contributed by atoms with Gasteiger partial charge >= 0.3 is 5.69 Å². The Kier molecular flexibility index (Phi) is 3.37. The molecule has 1 N–H and O–H groups in total. The molecule has 1 aromatic heterocycles. The first-order valence-corrected chi connectivity index (χ1v) is 7.19. The molecule has 19 heavy (non-hydrogen) atoms. The SMILES string of the molecule is CCN1CCC(n2c(=O)[nH]c3cccc(Cl)c32)CC1. The summed E-state index contributed by atoms with van der Waals surface area (Å²) in [6, 6.07) is 5.86. The Morgan fingerprint density at radius 2 is 2.11 bits per heavy atom. The van der Waals surface area contributed by atoms with E-state index in [1.54, 1.807) is 0 Å². The molecule has 0 amide bonds. The van der Waals surface area contributed by atoms with E-state index in [-0.39, 0.29) is 11.7 Å². The molecule has 2 heterocycles. The van der Waals surface area contributed by atoms with Crippen LogP contribution >= 0.6 is 11.6 Å². The number of aromatic nitrogens is 2. The summed E-state index contributed by atoms with van der Waals surface area (Å²) in [7, 11) is 0. The lowest BCUT2D eigenvalue weighted by Crippen LogP contribution is -2.36. The van der Waals surface area contributed by atoms with Crippen LogP contribution in [-0.2, 0) is 0 Å². The van der Waals surface area contributed by atoms with Crippen LogP contribution in [0.15, 0.2) is 23.0 Å². The number of piperidine rings is 1. The van der Waals surface area contributed by atoms with Gasteiger partial charge in [0, 0.05) is 19.1 Å². The molecule has 1 aliphatic rings. The lowest BCUT2D eigenvalue weighted by Gasteiger charge is -2.31. The third kappa shape index (κ3) is 2.19. The van der Waals surface area contributed by atoms with Crippen LogP contribution in [0.25, 0.3) is 11.0 Å². The first-order valence-electron chi connectivity index (χ1n) is 6.81. The molecule has 1 fully saturated rings. The van der Waals surface area contributed by atoms with Crippen molar-refractivity contribution in [2.24, 2.45) is 0 Å². The maximum Gasteiger partial charge on any atom is 0.326 e. The number of hydrogen-bond acceptors (Lipinski definition) is 2. The molecule has 0 radical (unpaired) electrons. The second-order valence-corrected chi connectivity index (χ2v) is 5.51. The predicted octanol–water partition coefficient (Wildman–Crippen LogP) is 2.64. The largest absolute Gasteiger partial charge is 0.326 e. The number of nitrogens with zero attached hydrogens (tertiary/aromatic N) is 2. The van der Waals surface area contributed by atoms with Crippen LogP contribution in [0.1, 0.15) is 25.8 Å². The zero-order chi connectivity index (χ0) is 13.4. The molecule has 1 aromatic carbocycles. The first kappa shape index (κ1) is 12.8. The molecular formula is C14H18ClN3O. The van der Waals surface area contributed by atoms with E-state index in [0.717, 1.165) is 43.5 Å². The van der Waals surface area contributed by atoms with Crippen molar-refractivity contribution in [2.45, 2.75) is 25.8 Å². The van der Waals surface area contributed by atoms with Gasteiger partial charge in [-0.05, 0) is 31.5 Å². The molecule has 0 atom stereocenters. The van der Waals surface area contributed by atoms with Gasteiger partial charge in [-0.2, -0.15) is 0 Å². The van der Waals surface area contributed by atoms with Gasteiger partial charge in [0.05, 0.1) is 16.1 Å². The monoisotopic (exact) mass is 279 g/mol. The van der Waals surface area contributed by atoms with Crippen molar-refractivity contribution in [3.63, 3.8) is 0 Å². The molecule has 3 rings (SSSR count). The Morgan fingerprint density at radius 3 is 2.79 bits per heavy atom. The minimum Gasteiger partial charge on any atom is -0.305 e. The van der Waals surface area contributed by atoms with Crippen molar-refractivity contribution in [1.29, 1.82) is 0 Å². The molecule has 4 nitrogen and oxygen atoms in total. The lowest BCUT2D eigenvalue weighted by molar-refractivity contribution is 0.195. The molecule has 0 unspecified atom stereocenters. The predicted molar refractivity (Wildman–Crippen MR) is 78.0 cm³/mol. The Morgan fingerprint density at radius 1 is 1.37 bits per heavy atom. The van der Waals surface area contributed by atoms with Crippen molar-refractivity contribution in [3.05, 3.63) is 33.7 Å². The van der Waals surface area contributed by atoms with Gasteiger partial charge in [0.1, 0.15) is 0 Å². The van der Waals surface area contributed by atoms with Gasteiger partial charge in [-0.15, -0.1) is 0 Å². The fourth-order valence-corrected chi connectivity index (χ4v) is 3.25. The van der Waals surface area contributed by atoms with Crippen LogP contribution in [0.3, 0.4) is 0 Å². The number of halogens is 1. The average molecular weight is 280 g/mol. The number of nitrogens with one attached hydrogen (secondary N) is 1. The maximum absolute atomic E-state index is 12.2. The average Bonchev–Trinajstić information content (AvgIpc) is 2.76. The molecule has 0 bridgehead atoms. The third-order valence-corrected chi connectivity index (χ3v) is 4.36. The minimum atomic E-state index is -0.0435. The summed E-state index contributed by atoms with van der Waals surface area (Å²) >= 11 is 6.26. The number of para-hydroxylation sites is 1. The fraction of sp³-hybridized carbons (Fsp3) is 0.500. The van der Waals surface area contributed by atoms with E-state index in [0.29, 0.717) is 5.02 Å². The standard InChI is InChI=1S/C14H18ClN3O/c1-2-17-8-6-10(7-9-17)18-13-11(15)4-3-5-12(13)16-14(18)19/h3-5,10H,2,6-9H2,1H3,(H,16,19). The van der Waals surface area contributed by atoms with Crippen LogP contribution in [-0.4, -0.2) is 34.1 Å². The van der Waals surface area contributed by atoms with Crippen LogP contribution in [0, 0.1) is 0 Å². The number of imidazole rings is 1. The molecule has 0 spiro atoms. The fourth-order valence-electron chi connectivity index (χ4n) is 2.98. The van der Waals surface area contributed by atoms with E-state index >= 15 is 0 Å². The second kappa shape index (κ2) is 5.02. The van der Waals surface area contributed by atoms with Crippen molar-refractivity contribution in [1.82, 2.24) is 14.5 Å². The maximum atomic E-state index is 12.2. The highest BCUT2D eigenvalue weighted by atomic mass is 35.5. The van der Waals surface area contributed by atoms with Crippen molar-refractivity contribution in [3.8, 4) is 0 Å². The van der Waals surface area contributed by atoms with E-state index in [4.69, 9.17) is 11.6 Å². The molecule has 0 saturated carbocycles. The summed E-state index contributed by atoms with van der Waals surface area (Å²) in [5.74, 6) is 0. The van der Waals surface area contributed by atoms with E-state index in [1.807, 2.05) is 22.8 Å². The van der Waals surface area contributed by atoms with E-state index < -0.39 is 0 Å². The van der Waals surface area contributed by atoms with E-state index in [1.165, 1.54) is 0 Å². The number of hydrogen-bond donors (Lipinski definition) is 1. The third-order valence-electron chi connectivity index (χ3n) is 4.06. The van der Waals surface area contributed by atoms with Gasteiger partial charge in [0.2, 0.25) is 0 Å². The van der Waals surface area contributed by atoms with Crippen LogP contribution in [0.5, 0.6) is 0 Å². The number of rotatable bonds is 2. The molecular weight excluding hydrogens is 262 g/mol. The second-order valence-electron chi connectivity index (χ2n) is 5.10. The van der Waals surface area contributed by atoms with Crippen molar-refractivity contribution in [2.75, 3.05) is 19.6 Å². The van der Waals surface area contributed by atoms with Gasteiger partial charge in [0.15, 0.2) is 0 Å². The summed E-state index contributed by atoms with van der Waals surface area (Å²) in [5.41, 5.74) is 1.64. The molecule has 5 heteroatoms. The topological polar surface area (TPSA) is 41.0 Å². The van der Waals surface area contributed by atoms with E-state index in [2.05, 4.69) is 16.8 Å². The van der Waals surface area contributed by atoms with Gasteiger partial charge < -0.3 is 9.88 Å². The lowest BCUT2D eigenvalue weighted by atomic mass is 10.0. The van der Waals surface area contributed by atoms with Gasteiger partial charge in [0.25, 0.3) is 0 Å². The normalized spacial score (nSPS) is 18.2. The first-order chi connectivity index (χ1) is 9.20. The Labute approximate surface area is 117 Å². The van der Waals surface area contributed by atoms with E-state index in [9.17, 15) is 4.79 Å².